The van der Waals surface area contributed by atoms with Crippen molar-refractivity contribution in [2.75, 3.05) is 24.6 Å². The Hall–Kier alpha value is -2.35. The highest BCUT2D eigenvalue weighted by Crippen LogP contribution is 2.44. The molecular weight excluding hydrogens is 604 g/mol. The molecule has 4 aliphatic rings. The summed E-state index contributed by atoms with van der Waals surface area (Å²) in [5.41, 5.74) is 3.52. The van der Waals surface area contributed by atoms with Crippen LogP contribution in [-0.2, 0) is 22.8 Å². The second-order valence-corrected chi connectivity index (χ2v) is 16.2. The molecule has 45 heavy (non-hydrogen) atoms. The first-order valence-corrected chi connectivity index (χ1v) is 18.6. The lowest BCUT2D eigenvalue weighted by Crippen LogP contribution is -2.47. The van der Waals surface area contributed by atoms with Gasteiger partial charge in [-0.15, -0.1) is 0 Å². The molecular formula is C37H49ClN2O4S. The van der Waals surface area contributed by atoms with Crippen molar-refractivity contribution in [3.8, 4) is 5.75 Å². The van der Waals surface area contributed by atoms with Crippen molar-refractivity contribution in [3.05, 3.63) is 70.3 Å². The number of aliphatic hydroxyl groups excluding tert-OH is 1. The van der Waals surface area contributed by atoms with E-state index in [9.17, 15) is 14.1 Å². The molecule has 2 aliphatic heterocycles. The lowest BCUT2D eigenvalue weighted by molar-refractivity contribution is 0.0457. The van der Waals surface area contributed by atoms with Crippen LogP contribution < -0.4 is 14.4 Å². The van der Waals surface area contributed by atoms with Crippen molar-refractivity contribution in [2.45, 2.75) is 95.3 Å². The van der Waals surface area contributed by atoms with Gasteiger partial charge in [0.05, 0.1) is 23.6 Å². The number of nitrogens with one attached hydrogen (secondary N) is 1. The molecule has 2 heterocycles. The van der Waals surface area contributed by atoms with Gasteiger partial charge in [-0.05, 0) is 97.2 Å². The maximum atomic E-state index is 13.7. The fourth-order valence-corrected chi connectivity index (χ4v) is 9.49. The topological polar surface area (TPSA) is 78.9 Å². The normalized spacial score (nSPS) is 33.1. The number of allylic oxidation sites excluding steroid dienone is 1. The van der Waals surface area contributed by atoms with E-state index >= 15 is 0 Å². The molecule has 0 aromatic heterocycles. The van der Waals surface area contributed by atoms with Gasteiger partial charge in [-0.1, -0.05) is 76.3 Å². The fraction of sp³-hybridized carbons (Fsp3) is 0.595. The molecule has 2 aromatic rings. The van der Waals surface area contributed by atoms with Gasteiger partial charge in [0.15, 0.2) is 0 Å². The van der Waals surface area contributed by atoms with Gasteiger partial charge in [-0.3, -0.25) is 9.52 Å². The Labute approximate surface area is 276 Å². The Kier molecular flexibility index (Phi) is 9.98. The summed E-state index contributed by atoms with van der Waals surface area (Å²) in [4.78, 5) is 16.0. The summed E-state index contributed by atoms with van der Waals surface area (Å²) in [6, 6.07) is 11.8. The van der Waals surface area contributed by atoms with Gasteiger partial charge in [-0.25, -0.2) is 4.21 Å². The van der Waals surface area contributed by atoms with Gasteiger partial charge in [-0.2, -0.15) is 0 Å². The molecule has 1 amide bonds. The molecule has 2 aliphatic carbocycles. The molecule has 8 heteroatoms. The predicted molar refractivity (Wildman–Crippen MR) is 183 cm³/mol. The van der Waals surface area contributed by atoms with E-state index in [0.29, 0.717) is 30.6 Å². The standard InChI is InChI=1S/C37H49ClN2O4S/c1-4-7-26-19-29(38)14-16-31(26)37(3)22-40-21-28-12-15-30(28)33(41)11-5-8-24(2)35(18-25-9-6-10-25)45(43)39-36(42)27-13-17-34(44-23-37)32(40)20-27/h5,11,13-14,16-17,19-20,24-25,28,30,33,35,41H,4,6-10,12,15,18,21-23H2,1-3H3,(H,39,42)/b11-5+. The molecule has 2 N–H and O–H groups in total. The number of nitrogens with zero attached hydrogens (tertiary/aromatic N) is 1. The molecule has 2 fully saturated rings. The second kappa shape index (κ2) is 13.8. The molecule has 6 nitrogen and oxygen atoms in total. The number of carbonyl (C=O) groups excluding carboxylic acids is 1. The fourth-order valence-electron chi connectivity index (χ4n) is 7.87. The smallest absolute Gasteiger partial charge is 0.263 e. The van der Waals surface area contributed by atoms with Crippen molar-refractivity contribution >= 4 is 34.2 Å². The van der Waals surface area contributed by atoms with Gasteiger partial charge in [0.2, 0.25) is 0 Å². The van der Waals surface area contributed by atoms with Crippen LogP contribution in [0, 0.1) is 23.7 Å². The summed E-state index contributed by atoms with van der Waals surface area (Å²) in [5, 5.41) is 11.9. The molecule has 2 aromatic carbocycles. The van der Waals surface area contributed by atoms with E-state index in [-0.39, 0.29) is 28.4 Å². The highest BCUT2D eigenvalue weighted by molar-refractivity contribution is 7.84. The van der Waals surface area contributed by atoms with Crippen LogP contribution in [0.2, 0.25) is 5.02 Å². The first-order valence-electron chi connectivity index (χ1n) is 17.0. The van der Waals surface area contributed by atoms with Crippen LogP contribution in [0.25, 0.3) is 0 Å². The number of halogens is 1. The number of benzene rings is 2. The van der Waals surface area contributed by atoms with E-state index in [1.54, 1.807) is 6.07 Å². The summed E-state index contributed by atoms with van der Waals surface area (Å²) in [7, 11) is -1.52. The summed E-state index contributed by atoms with van der Waals surface area (Å²) in [6.07, 6.45) is 12.7. The van der Waals surface area contributed by atoms with Crippen molar-refractivity contribution < 1.29 is 18.8 Å². The quantitative estimate of drug-likeness (QED) is 0.330. The minimum atomic E-state index is -1.52. The number of anilines is 1. The molecule has 2 bridgehead atoms. The molecule has 0 radical (unpaired) electrons. The number of carbonyl (C=O) groups is 1. The van der Waals surface area contributed by atoms with Crippen molar-refractivity contribution in [1.29, 1.82) is 0 Å². The van der Waals surface area contributed by atoms with E-state index in [0.717, 1.165) is 61.5 Å². The Morgan fingerprint density at radius 1 is 1.16 bits per heavy atom. The Bertz CT molecular complexity index is 1440. The molecule has 2 saturated carbocycles. The molecule has 0 spiro atoms. The van der Waals surface area contributed by atoms with Crippen molar-refractivity contribution in [1.82, 2.24) is 4.72 Å². The highest BCUT2D eigenvalue weighted by atomic mass is 35.5. The van der Waals surface area contributed by atoms with Gasteiger partial charge in [0.25, 0.3) is 5.91 Å². The summed E-state index contributed by atoms with van der Waals surface area (Å²) >= 11 is 6.46. The van der Waals surface area contributed by atoms with Gasteiger partial charge < -0.3 is 14.7 Å². The molecule has 6 rings (SSSR count). The van der Waals surface area contributed by atoms with Crippen LogP contribution in [0.5, 0.6) is 5.75 Å². The number of hydrogen-bond donors (Lipinski definition) is 2. The summed E-state index contributed by atoms with van der Waals surface area (Å²) in [5.74, 6) is 1.63. The summed E-state index contributed by atoms with van der Waals surface area (Å²) < 4.78 is 23.2. The third-order valence-electron chi connectivity index (χ3n) is 11.0. The van der Waals surface area contributed by atoms with E-state index in [4.69, 9.17) is 16.3 Å². The van der Waals surface area contributed by atoms with Crippen LogP contribution in [-0.4, -0.2) is 46.3 Å². The first-order chi connectivity index (χ1) is 21.6. The zero-order chi connectivity index (χ0) is 31.7. The number of hydrogen-bond acceptors (Lipinski definition) is 5. The zero-order valence-corrected chi connectivity index (χ0v) is 28.5. The lowest BCUT2D eigenvalue weighted by atomic mass is 9.70. The zero-order valence-electron chi connectivity index (χ0n) is 27.0. The van der Waals surface area contributed by atoms with Gasteiger partial charge in [0.1, 0.15) is 16.7 Å². The molecule has 0 saturated heterocycles. The van der Waals surface area contributed by atoms with Crippen LogP contribution in [0.3, 0.4) is 0 Å². The van der Waals surface area contributed by atoms with Gasteiger partial charge >= 0.3 is 0 Å². The maximum Gasteiger partial charge on any atom is 0.263 e. The lowest BCUT2D eigenvalue weighted by Gasteiger charge is -2.44. The minimum absolute atomic E-state index is 0.124. The number of fused-ring (bicyclic) bond motifs is 2. The average molecular weight is 653 g/mol. The molecule has 7 unspecified atom stereocenters. The van der Waals surface area contributed by atoms with Crippen LogP contribution in [0.1, 0.15) is 93.6 Å². The Morgan fingerprint density at radius 3 is 2.69 bits per heavy atom. The number of amides is 1. The van der Waals surface area contributed by atoms with Crippen LogP contribution in [0.4, 0.5) is 5.69 Å². The van der Waals surface area contributed by atoms with E-state index in [1.165, 1.54) is 30.4 Å². The average Bonchev–Trinajstić information content (AvgIpc) is 3.10. The number of rotatable bonds is 5. The largest absolute Gasteiger partial charge is 0.490 e. The SMILES string of the molecule is CCCc1cc(Cl)ccc1C1(C)COc2ccc3cc2N(CC2CCC2C(O)/C=C/CC(C)C(CC2CCC2)S(=O)NC3=O)C1. The van der Waals surface area contributed by atoms with Crippen LogP contribution >= 0.6 is 11.6 Å². The number of ether oxygens (including phenoxy) is 1. The first kappa shape index (κ1) is 32.6. The Morgan fingerprint density at radius 2 is 1.98 bits per heavy atom. The van der Waals surface area contributed by atoms with E-state index in [1.807, 2.05) is 24.3 Å². The van der Waals surface area contributed by atoms with Crippen LogP contribution in [0.15, 0.2) is 48.6 Å². The third kappa shape index (κ3) is 7.01. The highest BCUT2D eigenvalue weighted by Gasteiger charge is 2.41. The minimum Gasteiger partial charge on any atom is -0.490 e. The number of aryl methyl sites for hydroxylation is 1. The van der Waals surface area contributed by atoms with E-state index in [2.05, 4.69) is 48.6 Å². The maximum absolute atomic E-state index is 13.7. The second-order valence-electron chi connectivity index (χ2n) is 14.4. The van der Waals surface area contributed by atoms with Crippen molar-refractivity contribution in [2.24, 2.45) is 23.7 Å². The third-order valence-corrected chi connectivity index (χ3v) is 12.8. The summed E-state index contributed by atoms with van der Waals surface area (Å²) in [6.45, 7) is 8.52. The molecule has 244 valence electrons. The van der Waals surface area contributed by atoms with Crippen molar-refractivity contribution in [3.63, 3.8) is 0 Å². The Balaban J connectivity index is 1.37. The predicted octanol–water partition coefficient (Wildman–Crippen LogP) is 7.38. The monoisotopic (exact) mass is 652 g/mol. The van der Waals surface area contributed by atoms with E-state index < -0.39 is 17.1 Å². The number of aliphatic hydroxyl groups is 1. The van der Waals surface area contributed by atoms with Gasteiger partial charge in [0, 0.05) is 29.1 Å². The molecule has 7 atom stereocenters.